The van der Waals surface area contributed by atoms with Crippen LogP contribution in [0.5, 0.6) is 0 Å². The van der Waals surface area contributed by atoms with Gasteiger partial charge in [0.2, 0.25) is 6.17 Å². The Labute approximate surface area is 112 Å². The molecule has 0 radical (unpaired) electrons. The molecule has 7 heteroatoms. The van der Waals surface area contributed by atoms with Crippen LogP contribution in [-0.4, -0.2) is 18.7 Å². The zero-order valence-corrected chi connectivity index (χ0v) is 11.7. The summed E-state index contributed by atoms with van der Waals surface area (Å²) in [5, 5.41) is 1.77. The van der Waals surface area contributed by atoms with Crippen molar-refractivity contribution in [3.05, 3.63) is 20.8 Å². The summed E-state index contributed by atoms with van der Waals surface area (Å²) in [6, 6.07) is 0.788. The van der Waals surface area contributed by atoms with E-state index in [9.17, 15) is 9.18 Å². The van der Waals surface area contributed by atoms with Crippen molar-refractivity contribution in [3.8, 4) is 0 Å². The molecule has 0 aliphatic carbocycles. The van der Waals surface area contributed by atoms with E-state index in [0.29, 0.717) is 9.35 Å². The number of nitrogens with two attached hydrogens (primary N) is 1. The van der Waals surface area contributed by atoms with E-state index < -0.39 is 18.2 Å². The molecular formula is C9H12BrClFNO2S. The van der Waals surface area contributed by atoms with Crippen molar-refractivity contribution in [3.63, 3.8) is 0 Å². The largest absolute Gasteiger partial charge is 0.464 e. The zero-order chi connectivity index (χ0) is 11.4. The van der Waals surface area contributed by atoms with E-state index >= 15 is 0 Å². The standard InChI is InChI=1S/C9H11BrFNO2S.ClH/c1-2-14-9(13)6(11)7(12)8-5(10)3-4-15-8;/h3-4,6-7H,2,12H2,1H3;1H/t6?,7-;/m0./s1. The minimum absolute atomic E-state index is 0. The number of thiophene rings is 1. The van der Waals surface area contributed by atoms with Gasteiger partial charge in [-0.15, -0.1) is 23.7 Å². The molecule has 2 atom stereocenters. The van der Waals surface area contributed by atoms with Crippen molar-refractivity contribution in [1.29, 1.82) is 0 Å². The highest BCUT2D eigenvalue weighted by Crippen LogP contribution is 2.30. The summed E-state index contributed by atoms with van der Waals surface area (Å²) < 4.78 is 18.8. The Balaban J connectivity index is 0.00000225. The Morgan fingerprint density at radius 2 is 2.38 bits per heavy atom. The Morgan fingerprint density at radius 3 is 2.81 bits per heavy atom. The fraction of sp³-hybridized carbons (Fsp3) is 0.444. The first-order valence-electron chi connectivity index (χ1n) is 4.37. The minimum Gasteiger partial charge on any atom is -0.464 e. The molecule has 1 rings (SSSR count). The number of alkyl halides is 1. The van der Waals surface area contributed by atoms with Crippen LogP contribution in [0.15, 0.2) is 15.9 Å². The number of hydrogen-bond donors (Lipinski definition) is 1. The van der Waals surface area contributed by atoms with Gasteiger partial charge in [-0.2, -0.15) is 0 Å². The Kier molecular flexibility index (Phi) is 7.14. The SMILES string of the molecule is CCOC(=O)C(F)[C@H](N)c1sccc1Br.Cl. The first kappa shape index (κ1) is 15.8. The number of halogens is 3. The normalized spacial score (nSPS) is 13.8. The summed E-state index contributed by atoms with van der Waals surface area (Å²) in [6.45, 7) is 1.77. The average molecular weight is 333 g/mol. The summed E-state index contributed by atoms with van der Waals surface area (Å²) >= 11 is 4.54. The maximum Gasteiger partial charge on any atom is 0.342 e. The molecule has 0 bridgehead atoms. The molecule has 0 saturated carbocycles. The van der Waals surface area contributed by atoms with Gasteiger partial charge in [0.25, 0.3) is 0 Å². The van der Waals surface area contributed by atoms with Crippen LogP contribution in [0.3, 0.4) is 0 Å². The number of esters is 1. The lowest BCUT2D eigenvalue weighted by Gasteiger charge is -2.14. The van der Waals surface area contributed by atoms with Crippen molar-refractivity contribution in [2.24, 2.45) is 5.73 Å². The van der Waals surface area contributed by atoms with E-state index in [-0.39, 0.29) is 19.0 Å². The number of ether oxygens (including phenoxy) is 1. The van der Waals surface area contributed by atoms with Gasteiger partial charge in [-0.1, -0.05) is 0 Å². The van der Waals surface area contributed by atoms with Gasteiger partial charge in [0.05, 0.1) is 12.6 Å². The third-order valence-corrected chi connectivity index (χ3v) is 3.75. The summed E-state index contributed by atoms with van der Waals surface area (Å²) in [6.07, 6.45) is -1.82. The molecule has 0 saturated heterocycles. The van der Waals surface area contributed by atoms with Gasteiger partial charge in [0.15, 0.2) is 0 Å². The van der Waals surface area contributed by atoms with Crippen LogP contribution in [0, 0.1) is 0 Å². The Morgan fingerprint density at radius 1 is 1.75 bits per heavy atom. The number of hydrogen-bond acceptors (Lipinski definition) is 4. The van der Waals surface area contributed by atoms with E-state index in [0.717, 1.165) is 0 Å². The fourth-order valence-corrected chi connectivity index (χ4v) is 2.70. The Hall–Kier alpha value is -0.170. The molecule has 0 aliphatic heterocycles. The third-order valence-electron chi connectivity index (χ3n) is 1.77. The maximum absolute atomic E-state index is 13.5. The molecule has 1 aromatic rings. The van der Waals surface area contributed by atoms with Crippen molar-refractivity contribution < 1.29 is 13.9 Å². The molecule has 0 aromatic carbocycles. The van der Waals surface area contributed by atoms with Crippen molar-refractivity contribution in [2.45, 2.75) is 19.1 Å². The lowest BCUT2D eigenvalue weighted by atomic mass is 10.1. The fourth-order valence-electron chi connectivity index (χ4n) is 1.04. The van der Waals surface area contributed by atoms with E-state index in [2.05, 4.69) is 20.7 Å². The van der Waals surface area contributed by atoms with Crippen LogP contribution in [-0.2, 0) is 9.53 Å². The van der Waals surface area contributed by atoms with Gasteiger partial charge in [0, 0.05) is 9.35 Å². The van der Waals surface area contributed by atoms with Crippen molar-refractivity contribution in [2.75, 3.05) is 6.61 Å². The van der Waals surface area contributed by atoms with Crippen LogP contribution < -0.4 is 5.73 Å². The second-order valence-corrected chi connectivity index (χ2v) is 4.61. The number of rotatable bonds is 4. The predicted molar refractivity (Wildman–Crippen MR) is 67.7 cm³/mol. The highest BCUT2D eigenvalue weighted by Gasteiger charge is 2.29. The first-order valence-corrected chi connectivity index (χ1v) is 6.04. The van der Waals surface area contributed by atoms with E-state index in [1.807, 2.05) is 0 Å². The summed E-state index contributed by atoms with van der Waals surface area (Å²) in [5.74, 6) is -0.912. The second kappa shape index (κ2) is 7.21. The number of carbonyl (C=O) groups is 1. The van der Waals surface area contributed by atoms with Gasteiger partial charge >= 0.3 is 5.97 Å². The monoisotopic (exact) mass is 331 g/mol. The molecule has 3 nitrogen and oxygen atoms in total. The van der Waals surface area contributed by atoms with E-state index in [4.69, 9.17) is 5.73 Å². The molecule has 92 valence electrons. The van der Waals surface area contributed by atoms with Gasteiger partial charge < -0.3 is 10.5 Å². The molecule has 0 fully saturated rings. The second-order valence-electron chi connectivity index (χ2n) is 2.81. The van der Waals surface area contributed by atoms with Crippen molar-refractivity contribution in [1.82, 2.24) is 0 Å². The lowest BCUT2D eigenvalue weighted by molar-refractivity contribution is -0.149. The molecule has 0 amide bonds. The summed E-state index contributed by atoms with van der Waals surface area (Å²) in [7, 11) is 0. The molecule has 1 aromatic heterocycles. The molecule has 0 spiro atoms. The average Bonchev–Trinajstić information content (AvgIpc) is 2.62. The smallest absolute Gasteiger partial charge is 0.342 e. The zero-order valence-electron chi connectivity index (χ0n) is 8.48. The van der Waals surface area contributed by atoms with Gasteiger partial charge in [0.1, 0.15) is 0 Å². The molecule has 1 unspecified atom stereocenters. The highest BCUT2D eigenvalue weighted by atomic mass is 79.9. The topological polar surface area (TPSA) is 52.3 Å². The van der Waals surface area contributed by atoms with E-state index in [1.165, 1.54) is 11.3 Å². The predicted octanol–water partition coefficient (Wildman–Crippen LogP) is 2.83. The van der Waals surface area contributed by atoms with Gasteiger partial charge in [-0.05, 0) is 34.3 Å². The molecule has 0 aliphatic rings. The third kappa shape index (κ3) is 3.69. The number of carbonyl (C=O) groups excluding carboxylic acids is 1. The highest BCUT2D eigenvalue weighted by molar-refractivity contribution is 9.10. The molecule has 16 heavy (non-hydrogen) atoms. The van der Waals surface area contributed by atoms with Crippen LogP contribution >= 0.6 is 39.7 Å². The van der Waals surface area contributed by atoms with Crippen LogP contribution in [0.2, 0.25) is 0 Å². The molecule has 1 heterocycles. The Bertz CT molecular complexity index is 350. The van der Waals surface area contributed by atoms with Crippen LogP contribution in [0.4, 0.5) is 4.39 Å². The van der Waals surface area contributed by atoms with Gasteiger partial charge in [-0.3, -0.25) is 0 Å². The van der Waals surface area contributed by atoms with Crippen molar-refractivity contribution >= 4 is 45.6 Å². The van der Waals surface area contributed by atoms with Gasteiger partial charge in [-0.25, -0.2) is 9.18 Å². The van der Waals surface area contributed by atoms with Crippen LogP contribution in [0.25, 0.3) is 0 Å². The van der Waals surface area contributed by atoms with Crippen LogP contribution in [0.1, 0.15) is 17.8 Å². The summed E-state index contributed by atoms with van der Waals surface area (Å²) in [5.41, 5.74) is 5.62. The maximum atomic E-state index is 13.5. The molecule has 2 N–H and O–H groups in total. The first-order chi connectivity index (χ1) is 7.07. The minimum atomic E-state index is -1.82. The van der Waals surface area contributed by atoms with E-state index in [1.54, 1.807) is 18.4 Å². The molecular weight excluding hydrogens is 321 g/mol. The summed E-state index contributed by atoms with van der Waals surface area (Å²) in [4.78, 5) is 11.7. The lowest BCUT2D eigenvalue weighted by Crippen LogP contribution is -2.31. The quantitative estimate of drug-likeness (QED) is 0.863.